The highest BCUT2D eigenvalue weighted by molar-refractivity contribution is 9.10. The largest absolute Gasteiger partial charge is 0.396 e. The molecule has 0 radical (unpaired) electrons. The van der Waals surface area contributed by atoms with Crippen molar-refractivity contribution in [1.29, 1.82) is 0 Å². The van der Waals surface area contributed by atoms with Crippen LogP contribution < -0.4 is 0 Å². The third-order valence-electron chi connectivity index (χ3n) is 5.51. The Morgan fingerprint density at radius 2 is 1.79 bits per heavy atom. The van der Waals surface area contributed by atoms with Gasteiger partial charge in [0.05, 0.1) is 0 Å². The summed E-state index contributed by atoms with van der Waals surface area (Å²) in [5.74, 6) is 2.63. The van der Waals surface area contributed by atoms with Gasteiger partial charge in [-0.25, -0.2) is 0 Å². The minimum Gasteiger partial charge on any atom is -0.396 e. The van der Waals surface area contributed by atoms with Crippen molar-refractivity contribution in [3.05, 3.63) is 0 Å². The number of alkyl halides is 1. The maximum Gasteiger partial charge on any atom is 0.0459 e. The molecule has 1 aliphatic rings. The number of halogens is 1. The first kappa shape index (κ1) is 17.5. The Kier molecular flexibility index (Phi) is 7.39. The molecule has 114 valence electrons. The van der Waals surface area contributed by atoms with Gasteiger partial charge in [0, 0.05) is 10.9 Å². The molecular formula is C17H33BrO. The van der Waals surface area contributed by atoms with Crippen LogP contribution in [0.5, 0.6) is 0 Å². The Balaban J connectivity index is 2.79. The summed E-state index contributed by atoms with van der Waals surface area (Å²) in [7, 11) is 0. The average Bonchev–Trinajstić information content (AvgIpc) is 2.43. The van der Waals surface area contributed by atoms with Crippen LogP contribution >= 0.6 is 15.9 Å². The molecule has 1 rings (SSSR count). The van der Waals surface area contributed by atoms with Gasteiger partial charge >= 0.3 is 0 Å². The molecule has 0 aromatic carbocycles. The zero-order valence-electron chi connectivity index (χ0n) is 13.3. The van der Waals surface area contributed by atoms with Crippen molar-refractivity contribution in [3.63, 3.8) is 0 Å². The third-order valence-corrected chi connectivity index (χ3v) is 7.27. The first-order valence-corrected chi connectivity index (χ1v) is 9.04. The van der Waals surface area contributed by atoms with Crippen molar-refractivity contribution in [3.8, 4) is 0 Å². The predicted octanol–water partition coefficient (Wildman–Crippen LogP) is 5.40. The van der Waals surface area contributed by atoms with E-state index in [4.69, 9.17) is 0 Å². The highest BCUT2D eigenvalue weighted by Gasteiger charge is 2.43. The van der Waals surface area contributed by atoms with E-state index in [1.165, 1.54) is 44.9 Å². The number of aliphatic hydroxyl groups excluding tert-OH is 1. The van der Waals surface area contributed by atoms with Crippen LogP contribution in [0.3, 0.4) is 0 Å². The fourth-order valence-electron chi connectivity index (χ4n) is 3.62. The molecular weight excluding hydrogens is 300 g/mol. The van der Waals surface area contributed by atoms with Crippen LogP contribution in [0.1, 0.15) is 72.6 Å². The third kappa shape index (κ3) is 4.46. The molecule has 1 fully saturated rings. The second-order valence-corrected chi connectivity index (χ2v) is 8.41. The quantitative estimate of drug-likeness (QED) is 0.618. The van der Waals surface area contributed by atoms with Crippen LogP contribution in [0.4, 0.5) is 0 Å². The van der Waals surface area contributed by atoms with Gasteiger partial charge in [0.2, 0.25) is 0 Å². The Morgan fingerprint density at radius 1 is 1.21 bits per heavy atom. The van der Waals surface area contributed by atoms with Crippen LogP contribution in [-0.2, 0) is 0 Å². The van der Waals surface area contributed by atoms with Gasteiger partial charge in [-0.3, -0.25) is 0 Å². The summed E-state index contributed by atoms with van der Waals surface area (Å²) in [6.45, 7) is 9.50. The maximum absolute atomic E-state index is 9.51. The van der Waals surface area contributed by atoms with Crippen molar-refractivity contribution in [2.75, 3.05) is 6.61 Å². The standard InChI is InChI=1S/C17H33BrO/c1-5-6-11-17(18,15(4)14(3)12-19)16-9-7-13(2)8-10-16/h13-16,19H,5-12H2,1-4H3. The number of rotatable bonds is 7. The predicted molar refractivity (Wildman–Crippen MR) is 87.7 cm³/mol. The van der Waals surface area contributed by atoms with Crippen LogP contribution in [0.2, 0.25) is 0 Å². The van der Waals surface area contributed by atoms with Crippen molar-refractivity contribution in [2.45, 2.75) is 77.0 Å². The molecule has 1 nitrogen and oxygen atoms in total. The Morgan fingerprint density at radius 3 is 2.26 bits per heavy atom. The monoisotopic (exact) mass is 332 g/mol. The molecule has 0 bridgehead atoms. The lowest BCUT2D eigenvalue weighted by molar-refractivity contribution is 0.120. The molecule has 0 aromatic heterocycles. The second-order valence-electron chi connectivity index (χ2n) is 6.94. The molecule has 2 heteroatoms. The topological polar surface area (TPSA) is 20.2 Å². The van der Waals surface area contributed by atoms with Crippen LogP contribution in [-0.4, -0.2) is 16.0 Å². The molecule has 0 spiro atoms. The van der Waals surface area contributed by atoms with Crippen molar-refractivity contribution >= 4 is 15.9 Å². The van der Waals surface area contributed by atoms with Gasteiger partial charge in [0.15, 0.2) is 0 Å². The van der Waals surface area contributed by atoms with E-state index < -0.39 is 0 Å². The maximum atomic E-state index is 9.51. The van der Waals surface area contributed by atoms with Crippen LogP contribution in [0.15, 0.2) is 0 Å². The first-order valence-electron chi connectivity index (χ1n) is 8.25. The molecule has 0 amide bonds. The highest BCUT2D eigenvalue weighted by Crippen LogP contribution is 2.49. The second kappa shape index (κ2) is 8.02. The number of unbranched alkanes of at least 4 members (excludes halogenated alkanes) is 1. The highest BCUT2D eigenvalue weighted by atomic mass is 79.9. The van der Waals surface area contributed by atoms with Gasteiger partial charge in [0.25, 0.3) is 0 Å². The molecule has 1 N–H and O–H groups in total. The van der Waals surface area contributed by atoms with E-state index in [2.05, 4.69) is 43.6 Å². The summed E-state index contributed by atoms with van der Waals surface area (Å²) in [6.07, 6.45) is 9.29. The fraction of sp³-hybridized carbons (Fsp3) is 1.00. The van der Waals surface area contributed by atoms with Crippen LogP contribution in [0, 0.1) is 23.7 Å². The van der Waals surface area contributed by atoms with Crippen molar-refractivity contribution < 1.29 is 5.11 Å². The Hall–Kier alpha value is 0.440. The number of hydrogen-bond acceptors (Lipinski definition) is 1. The van der Waals surface area contributed by atoms with Crippen molar-refractivity contribution in [1.82, 2.24) is 0 Å². The van der Waals surface area contributed by atoms with Gasteiger partial charge in [-0.1, -0.05) is 69.3 Å². The number of hydrogen-bond donors (Lipinski definition) is 1. The minimum absolute atomic E-state index is 0.241. The normalized spacial score (nSPS) is 30.6. The van der Waals surface area contributed by atoms with Gasteiger partial charge in [-0.05, 0) is 42.9 Å². The molecule has 19 heavy (non-hydrogen) atoms. The molecule has 0 saturated heterocycles. The van der Waals surface area contributed by atoms with E-state index in [1.54, 1.807) is 0 Å². The Bertz CT molecular complexity index is 248. The molecule has 1 aliphatic carbocycles. The lowest BCUT2D eigenvalue weighted by Gasteiger charge is -2.45. The van der Waals surface area contributed by atoms with E-state index in [9.17, 15) is 5.11 Å². The van der Waals surface area contributed by atoms with Crippen molar-refractivity contribution in [2.24, 2.45) is 23.7 Å². The minimum atomic E-state index is 0.241. The smallest absolute Gasteiger partial charge is 0.0459 e. The molecule has 3 unspecified atom stereocenters. The zero-order valence-corrected chi connectivity index (χ0v) is 14.9. The van der Waals surface area contributed by atoms with Gasteiger partial charge in [0.1, 0.15) is 0 Å². The van der Waals surface area contributed by atoms with E-state index in [0.29, 0.717) is 18.4 Å². The molecule has 1 saturated carbocycles. The summed E-state index contributed by atoms with van der Waals surface area (Å²) in [5, 5.41) is 9.51. The van der Waals surface area contributed by atoms with Gasteiger partial charge in [-0.2, -0.15) is 0 Å². The van der Waals surface area contributed by atoms with Crippen LogP contribution in [0.25, 0.3) is 0 Å². The summed E-state index contributed by atoms with van der Waals surface area (Å²) < 4.78 is 0.241. The first-order chi connectivity index (χ1) is 8.95. The molecule has 0 aliphatic heterocycles. The SMILES string of the molecule is CCCCC(Br)(C1CCC(C)CC1)C(C)C(C)CO. The lowest BCUT2D eigenvalue weighted by Crippen LogP contribution is -2.43. The van der Waals surface area contributed by atoms with E-state index >= 15 is 0 Å². The molecule has 0 aromatic rings. The van der Waals surface area contributed by atoms with E-state index in [1.807, 2.05) is 0 Å². The van der Waals surface area contributed by atoms with E-state index in [0.717, 1.165) is 11.8 Å². The van der Waals surface area contributed by atoms with Gasteiger partial charge in [-0.15, -0.1) is 0 Å². The molecule has 0 heterocycles. The lowest BCUT2D eigenvalue weighted by atomic mass is 9.67. The molecule has 3 atom stereocenters. The zero-order chi connectivity index (χ0) is 14.5. The Labute approximate surface area is 128 Å². The number of aliphatic hydroxyl groups is 1. The summed E-state index contributed by atoms with van der Waals surface area (Å²) in [5.41, 5.74) is 0. The fourth-order valence-corrected chi connectivity index (χ4v) is 4.81. The summed E-state index contributed by atoms with van der Waals surface area (Å²) in [6, 6.07) is 0. The summed E-state index contributed by atoms with van der Waals surface area (Å²) in [4.78, 5) is 0. The summed E-state index contributed by atoms with van der Waals surface area (Å²) >= 11 is 4.16. The average molecular weight is 333 g/mol. The van der Waals surface area contributed by atoms with Gasteiger partial charge < -0.3 is 5.11 Å². The van der Waals surface area contributed by atoms with E-state index in [-0.39, 0.29) is 4.32 Å².